The fraction of sp³-hybridized carbons (Fsp3) is 0.333. The van der Waals surface area contributed by atoms with E-state index in [4.69, 9.17) is 11.6 Å². The van der Waals surface area contributed by atoms with Crippen LogP contribution in [0.3, 0.4) is 0 Å². The zero-order chi connectivity index (χ0) is 11.1. The van der Waals surface area contributed by atoms with Crippen molar-refractivity contribution < 1.29 is 0 Å². The van der Waals surface area contributed by atoms with E-state index in [0.29, 0.717) is 5.92 Å². The van der Waals surface area contributed by atoms with Crippen LogP contribution in [0.15, 0.2) is 18.2 Å². The van der Waals surface area contributed by atoms with Gasteiger partial charge in [-0.2, -0.15) is 5.10 Å². The Morgan fingerprint density at radius 2 is 2.19 bits per heavy atom. The number of aromatic nitrogens is 3. The number of nitrogens with zero attached hydrogens (tertiary/aromatic N) is 2. The summed E-state index contributed by atoms with van der Waals surface area (Å²) < 4.78 is 0. The molecule has 1 saturated carbocycles. The molecule has 1 N–H and O–H groups in total. The molecular formula is C12H12ClN3. The first-order valence-electron chi connectivity index (χ1n) is 5.43. The summed E-state index contributed by atoms with van der Waals surface area (Å²) in [5, 5.41) is 8.02. The summed E-state index contributed by atoms with van der Waals surface area (Å²) in [6.07, 6.45) is 2.46. The first kappa shape index (κ1) is 9.85. The summed E-state index contributed by atoms with van der Waals surface area (Å²) in [6.45, 7) is 1.99. The van der Waals surface area contributed by atoms with E-state index >= 15 is 0 Å². The van der Waals surface area contributed by atoms with E-state index in [2.05, 4.69) is 15.2 Å². The molecule has 0 saturated heterocycles. The summed E-state index contributed by atoms with van der Waals surface area (Å²) in [5.74, 6) is 2.39. The number of H-pyrrole nitrogens is 1. The maximum atomic E-state index is 5.99. The molecule has 0 radical (unpaired) electrons. The van der Waals surface area contributed by atoms with Gasteiger partial charge < -0.3 is 0 Å². The zero-order valence-electron chi connectivity index (χ0n) is 9.00. The Morgan fingerprint density at radius 3 is 2.88 bits per heavy atom. The molecule has 1 aliphatic rings. The highest BCUT2D eigenvalue weighted by Crippen LogP contribution is 2.38. The SMILES string of the molecule is Cc1cc(-c2n[nH]c(C3CC3)n2)ccc1Cl. The Balaban J connectivity index is 1.97. The minimum atomic E-state index is 0.606. The van der Waals surface area contributed by atoms with Gasteiger partial charge in [0, 0.05) is 16.5 Å². The van der Waals surface area contributed by atoms with Crippen LogP contribution < -0.4 is 0 Å². The number of rotatable bonds is 2. The molecule has 1 heterocycles. The van der Waals surface area contributed by atoms with Gasteiger partial charge in [-0.15, -0.1) is 0 Å². The highest BCUT2D eigenvalue weighted by molar-refractivity contribution is 6.31. The molecule has 0 unspecified atom stereocenters. The number of aromatic amines is 1. The molecule has 1 aromatic carbocycles. The highest BCUT2D eigenvalue weighted by atomic mass is 35.5. The van der Waals surface area contributed by atoms with Crippen molar-refractivity contribution in [3.05, 3.63) is 34.6 Å². The summed E-state index contributed by atoms with van der Waals surface area (Å²) in [4.78, 5) is 4.50. The maximum Gasteiger partial charge on any atom is 0.181 e. The van der Waals surface area contributed by atoms with Gasteiger partial charge in [0.1, 0.15) is 5.82 Å². The lowest BCUT2D eigenvalue weighted by Crippen LogP contribution is -1.84. The van der Waals surface area contributed by atoms with Gasteiger partial charge in [0.15, 0.2) is 5.82 Å². The molecule has 0 spiro atoms. The fourth-order valence-corrected chi connectivity index (χ4v) is 1.84. The van der Waals surface area contributed by atoms with Crippen LogP contribution in [0, 0.1) is 6.92 Å². The number of nitrogens with one attached hydrogen (secondary N) is 1. The van der Waals surface area contributed by atoms with E-state index in [0.717, 1.165) is 27.8 Å². The van der Waals surface area contributed by atoms with Gasteiger partial charge in [-0.1, -0.05) is 11.6 Å². The van der Waals surface area contributed by atoms with Crippen LogP contribution in [-0.2, 0) is 0 Å². The molecule has 0 aliphatic heterocycles. The van der Waals surface area contributed by atoms with Gasteiger partial charge in [0.05, 0.1) is 0 Å². The minimum Gasteiger partial charge on any atom is -0.262 e. The van der Waals surface area contributed by atoms with Gasteiger partial charge in [0.25, 0.3) is 0 Å². The van der Waals surface area contributed by atoms with Crippen LogP contribution >= 0.6 is 11.6 Å². The summed E-state index contributed by atoms with van der Waals surface area (Å²) in [5.41, 5.74) is 2.07. The van der Waals surface area contributed by atoms with Crippen molar-refractivity contribution in [2.75, 3.05) is 0 Å². The molecule has 1 aromatic heterocycles. The smallest absolute Gasteiger partial charge is 0.181 e. The molecule has 16 heavy (non-hydrogen) atoms. The van der Waals surface area contributed by atoms with Crippen molar-refractivity contribution in [3.63, 3.8) is 0 Å². The summed E-state index contributed by atoms with van der Waals surface area (Å²) in [7, 11) is 0. The Labute approximate surface area is 98.9 Å². The largest absolute Gasteiger partial charge is 0.262 e. The zero-order valence-corrected chi connectivity index (χ0v) is 9.75. The second kappa shape index (κ2) is 3.59. The maximum absolute atomic E-state index is 5.99. The summed E-state index contributed by atoms with van der Waals surface area (Å²) >= 11 is 5.99. The van der Waals surface area contributed by atoms with Crippen molar-refractivity contribution in [3.8, 4) is 11.4 Å². The van der Waals surface area contributed by atoms with Crippen molar-refractivity contribution >= 4 is 11.6 Å². The van der Waals surface area contributed by atoms with E-state index < -0.39 is 0 Å². The lowest BCUT2D eigenvalue weighted by atomic mass is 10.1. The molecule has 0 amide bonds. The van der Waals surface area contributed by atoms with E-state index in [1.165, 1.54) is 12.8 Å². The number of hydrogen-bond acceptors (Lipinski definition) is 2. The molecule has 82 valence electrons. The Kier molecular flexibility index (Phi) is 2.21. The van der Waals surface area contributed by atoms with Crippen LogP contribution in [0.2, 0.25) is 5.02 Å². The molecule has 1 aliphatic carbocycles. The van der Waals surface area contributed by atoms with Gasteiger partial charge >= 0.3 is 0 Å². The standard InChI is InChI=1S/C12H12ClN3/c1-7-6-9(4-5-10(7)13)12-14-11(15-16-12)8-2-3-8/h4-6,8H,2-3H2,1H3,(H,14,15,16). The quantitative estimate of drug-likeness (QED) is 0.865. The molecular weight excluding hydrogens is 222 g/mol. The lowest BCUT2D eigenvalue weighted by molar-refractivity contribution is 0.935. The molecule has 3 nitrogen and oxygen atoms in total. The van der Waals surface area contributed by atoms with Crippen LogP contribution in [-0.4, -0.2) is 15.2 Å². The predicted octanol–water partition coefficient (Wildman–Crippen LogP) is 3.31. The van der Waals surface area contributed by atoms with Crippen LogP contribution in [0.25, 0.3) is 11.4 Å². The predicted molar refractivity (Wildman–Crippen MR) is 63.5 cm³/mol. The van der Waals surface area contributed by atoms with E-state index in [1.807, 2.05) is 25.1 Å². The third kappa shape index (κ3) is 1.71. The molecule has 2 aromatic rings. The fourth-order valence-electron chi connectivity index (χ4n) is 1.73. The van der Waals surface area contributed by atoms with Gasteiger partial charge in [-0.25, -0.2) is 4.98 Å². The van der Waals surface area contributed by atoms with Gasteiger partial charge in [-0.05, 0) is 43.5 Å². The van der Waals surface area contributed by atoms with Crippen LogP contribution in [0.4, 0.5) is 0 Å². The molecule has 0 bridgehead atoms. The monoisotopic (exact) mass is 233 g/mol. The average Bonchev–Trinajstić information content (AvgIpc) is 3.01. The van der Waals surface area contributed by atoms with Crippen LogP contribution in [0.1, 0.15) is 30.1 Å². The van der Waals surface area contributed by atoms with Crippen LogP contribution in [0.5, 0.6) is 0 Å². The Hall–Kier alpha value is -1.35. The van der Waals surface area contributed by atoms with Gasteiger partial charge in [-0.3, -0.25) is 5.10 Å². The average molecular weight is 234 g/mol. The normalized spacial score (nSPS) is 15.4. The first-order chi connectivity index (χ1) is 7.74. The topological polar surface area (TPSA) is 41.6 Å². The van der Waals surface area contributed by atoms with Crippen molar-refractivity contribution in [2.45, 2.75) is 25.7 Å². The second-order valence-corrected chi connectivity index (χ2v) is 4.69. The number of halogens is 1. The van der Waals surface area contributed by atoms with Crippen molar-refractivity contribution in [1.82, 2.24) is 15.2 Å². The second-order valence-electron chi connectivity index (χ2n) is 4.28. The third-order valence-electron chi connectivity index (χ3n) is 2.88. The number of aryl methyl sites for hydroxylation is 1. The molecule has 1 fully saturated rings. The highest BCUT2D eigenvalue weighted by Gasteiger charge is 2.27. The first-order valence-corrected chi connectivity index (χ1v) is 5.80. The van der Waals surface area contributed by atoms with Gasteiger partial charge in [0.2, 0.25) is 0 Å². The van der Waals surface area contributed by atoms with E-state index in [1.54, 1.807) is 0 Å². The molecule has 3 rings (SSSR count). The number of hydrogen-bond donors (Lipinski definition) is 1. The summed E-state index contributed by atoms with van der Waals surface area (Å²) in [6, 6.07) is 5.86. The lowest BCUT2D eigenvalue weighted by Gasteiger charge is -1.99. The molecule has 4 heteroatoms. The minimum absolute atomic E-state index is 0.606. The molecule has 0 atom stereocenters. The third-order valence-corrected chi connectivity index (χ3v) is 3.31. The Morgan fingerprint density at radius 1 is 1.38 bits per heavy atom. The van der Waals surface area contributed by atoms with E-state index in [-0.39, 0.29) is 0 Å². The van der Waals surface area contributed by atoms with Crippen molar-refractivity contribution in [2.24, 2.45) is 0 Å². The number of benzene rings is 1. The van der Waals surface area contributed by atoms with E-state index in [9.17, 15) is 0 Å². The Bertz CT molecular complexity index is 529. The van der Waals surface area contributed by atoms with Crippen molar-refractivity contribution in [1.29, 1.82) is 0 Å².